The van der Waals surface area contributed by atoms with E-state index >= 15 is 0 Å². The van der Waals surface area contributed by atoms with Crippen molar-refractivity contribution in [3.05, 3.63) is 27.7 Å². The molecule has 0 aliphatic carbocycles. The van der Waals surface area contributed by atoms with E-state index < -0.39 is 17.9 Å². The van der Waals surface area contributed by atoms with E-state index in [2.05, 4.69) is 5.32 Å². The lowest BCUT2D eigenvalue weighted by atomic mass is 10.2. The third-order valence-corrected chi connectivity index (χ3v) is 2.74. The minimum atomic E-state index is -0.780. The molecule has 1 rings (SSSR count). The molecule has 0 fully saturated rings. The van der Waals surface area contributed by atoms with Crippen LogP contribution in [0.25, 0.3) is 0 Å². The molecule has 1 atom stereocenters. The summed E-state index contributed by atoms with van der Waals surface area (Å²) in [6, 6.07) is 1.95. The molecule has 0 saturated carbocycles. The molecule has 0 bridgehead atoms. The zero-order valence-corrected chi connectivity index (χ0v) is 10.5. The molecule has 1 aromatic rings. The molecule has 5 N–H and O–H groups in total. The van der Waals surface area contributed by atoms with Gasteiger partial charge in [0.2, 0.25) is 5.91 Å². The van der Waals surface area contributed by atoms with E-state index in [1.807, 2.05) is 0 Å². The van der Waals surface area contributed by atoms with Gasteiger partial charge in [-0.15, -0.1) is 0 Å². The van der Waals surface area contributed by atoms with Crippen LogP contribution in [0.4, 0.5) is 5.69 Å². The van der Waals surface area contributed by atoms with Gasteiger partial charge in [0.15, 0.2) is 0 Å². The Labute approximate surface area is 108 Å². The van der Waals surface area contributed by atoms with E-state index in [0.29, 0.717) is 0 Å². The minimum absolute atomic E-state index is 0.175. The average molecular weight is 276 g/mol. The Hall–Kier alpha value is -1.46. The average Bonchev–Trinajstić information content (AvgIpc) is 2.24. The van der Waals surface area contributed by atoms with Crippen molar-refractivity contribution < 1.29 is 9.59 Å². The molecule has 2 amide bonds. The van der Waals surface area contributed by atoms with Gasteiger partial charge in [-0.1, -0.05) is 23.2 Å². The predicted octanol–water partition coefficient (Wildman–Crippen LogP) is 1.18. The van der Waals surface area contributed by atoms with Crippen molar-refractivity contribution in [2.75, 3.05) is 5.73 Å². The number of benzene rings is 1. The first-order chi connectivity index (χ1) is 7.82. The van der Waals surface area contributed by atoms with Crippen molar-refractivity contribution in [1.29, 1.82) is 0 Å². The van der Waals surface area contributed by atoms with E-state index in [0.717, 1.165) is 0 Å². The van der Waals surface area contributed by atoms with Crippen LogP contribution in [0.3, 0.4) is 0 Å². The largest absolute Gasteiger partial charge is 0.396 e. The highest BCUT2D eigenvalue weighted by Crippen LogP contribution is 2.28. The number of primary amides is 1. The number of nitrogen functional groups attached to an aromatic ring is 1. The lowest BCUT2D eigenvalue weighted by Crippen LogP contribution is -2.42. The molecule has 0 radical (unpaired) electrons. The summed E-state index contributed by atoms with van der Waals surface area (Å²) in [7, 11) is 0. The van der Waals surface area contributed by atoms with Crippen molar-refractivity contribution in [2.45, 2.75) is 13.0 Å². The number of carbonyl (C=O) groups excluding carboxylic acids is 2. The van der Waals surface area contributed by atoms with Crippen LogP contribution >= 0.6 is 23.2 Å². The van der Waals surface area contributed by atoms with Gasteiger partial charge in [0.1, 0.15) is 6.04 Å². The Balaban J connectivity index is 2.94. The monoisotopic (exact) mass is 275 g/mol. The van der Waals surface area contributed by atoms with E-state index in [1.165, 1.54) is 19.1 Å². The molecular formula is C10H11Cl2N3O2. The van der Waals surface area contributed by atoms with Crippen LogP contribution < -0.4 is 16.8 Å². The van der Waals surface area contributed by atoms with Gasteiger partial charge in [0.25, 0.3) is 5.91 Å². The SMILES string of the molecule is CC(NC(=O)c1cc(Cl)c(N)c(Cl)c1)C(N)=O. The summed E-state index contributed by atoms with van der Waals surface area (Å²) in [6.45, 7) is 1.47. The van der Waals surface area contributed by atoms with E-state index in [-0.39, 0.29) is 21.3 Å². The van der Waals surface area contributed by atoms with Crippen LogP contribution in [0.15, 0.2) is 12.1 Å². The summed E-state index contributed by atoms with van der Waals surface area (Å²) in [6.07, 6.45) is 0. The van der Waals surface area contributed by atoms with E-state index in [1.54, 1.807) is 0 Å². The molecular weight excluding hydrogens is 265 g/mol. The third-order valence-electron chi connectivity index (χ3n) is 2.12. The number of nitrogens with one attached hydrogen (secondary N) is 1. The van der Waals surface area contributed by atoms with Crippen LogP contribution in [-0.4, -0.2) is 17.9 Å². The number of rotatable bonds is 3. The van der Waals surface area contributed by atoms with Crippen molar-refractivity contribution >= 4 is 40.7 Å². The highest BCUT2D eigenvalue weighted by molar-refractivity contribution is 6.39. The van der Waals surface area contributed by atoms with Gasteiger partial charge in [-0.25, -0.2) is 0 Å². The summed E-state index contributed by atoms with van der Waals surface area (Å²) in [4.78, 5) is 22.5. The van der Waals surface area contributed by atoms with Gasteiger partial charge in [-0.05, 0) is 19.1 Å². The summed E-state index contributed by atoms with van der Waals surface area (Å²) in [5, 5.41) is 2.75. The fourth-order valence-corrected chi connectivity index (χ4v) is 1.55. The second-order valence-electron chi connectivity index (χ2n) is 3.45. The predicted molar refractivity (Wildman–Crippen MR) is 67.0 cm³/mol. The standard InChI is InChI=1S/C10H11Cl2N3O2/c1-4(9(14)16)15-10(17)5-2-6(11)8(13)7(12)3-5/h2-4H,13H2,1H3,(H2,14,16)(H,15,17). The van der Waals surface area contributed by atoms with Crippen LogP contribution in [0.5, 0.6) is 0 Å². The molecule has 17 heavy (non-hydrogen) atoms. The molecule has 0 aliphatic heterocycles. The number of halogens is 2. The van der Waals surface area contributed by atoms with E-state index in [9.17, 15) is 9.59 Å². The number of hydrogen-bond donors (Lipinski definition) is 3. The molecule has 0 heterocycles. The lowest BCUT2D eigenvalue weighted by molar-refractivity contribution is -0.119. The van der Waals surface area contributed by atoms with Crippen LogP contribution in [0.1, 0.15) is 17.3 Å². The third kappa shape index (κ3) is 3.25. The van der Waals surface area contributed by atoms with Crippen LogP contribution in [-0.2, 0) is 4.79 Å². The quantitative estimate of drug-likeness (QED) is 0.723. The maximum absolute atomic E-state index is 11.7. The topological polar surface area (TPSA) is 98.2 Å². The van der Waals surface area contributed by atoms with Crippen molar-refractivity contribution in [2.24, 2.45) is 5.73 Å². The number of anilines is 1. The van der Waals surface area contributed by atoms with Crippen LogP contribution in [0.2, 0.25) is 10.0 Å². The van der Waals surface area contributed by atoms with Gasteiger partial charge in [-0.2, -0.15) is 0 Å². The maximum atomic E-state index is 11.7. The Morgan fingerprint density at radius 2 is 1.76 bits per heavy atom. The molecule has 1 unspecified atom stereocenters. The smallest absolute Gasteiger partial charge is 0.252 e. The first-order valence-corrected chi connectivity index (χ1v) is 5.43. The fourth-order valence-electron chi connectivity index (χ4n) is 1.07. The summed E-state index contributed by atoms with van der Waals surface area (Å²) < 4.78 is 0. The number of hydrogen-bond acceptors (Lipinski definition) is 3. The van der Waals surface area contributed by atoms with Gasteiger partial charge in [0, 0.05) is 5.56 Å². The number of amides is 2. The Morgan fingerprint density at radius 3 is 2.18 bits per heavy atom. The maximum Gasteiger partial charge on any atom is 0.252 e. The zero-order chi connectivity index (χ0) is 13.2. The Morgan fingerprint density at radius 1 is 1.29 bits per heavy atom. The summed E-state index contributed by atoms with van der Waals surface area (Å²) >= 11 is 11.6. The van der Waals surface area contributed by atoms with Crippen molar-refractivity contribution in [3.63, 3.8) is 0 Å². The Bertz CT molecular complexity index is 454. The molecule has 7 heteroatoms. The fraction of sp³-hybridized carbons (Fsp3) is 0.200. The second kappa shape index (κ2) is 5.25. The van der Waals surface area contributed by atoms with Gasteiger partial charge < -0.3 is 16.8 Å². The minimum Gasteiger partial charge on any atom is -0.396 e. The van der Waals surface area contributed by atoms with Gasteiger partial charge in [0.05, 0.1) is 15.7 Å². The second-order valence-corrected chi connectivity index (χ2v) is 4.27. The molecule has 5 nitrogen and oxygen atoms in total. The highest BCUT2D eigenvalue weighted by atomic mass is 35.5. The lowest BCUT2D eigenvalue weighted by Gasteiger charge is -2.11. The molecule has 1 aromatic carbocycles. The van der Waals surface area contributed by atoms with E-state index in [4.69, 9.17) is 34.7 Å². The summed E-state index contributed by atoms with van der Waals surface area (Å²) in [5.41, 5.74) is 11.0. The van der Waals surface area contributed by atoms with Gasteiger partial charge in [-0.3, -0.25) is 9.59 Å². The molecule has 92 valence electrons. The molecule has 0 aliphatic rings. The Kier molecular flexibility index (Phi) is 4.20. The zero-order valence-electron chi connectivity index (χ0n) is 8.96. The number of carbonyl (C=O) groups is 2. The van der Waals surface area contributed by atoms with Crippen molar-refractivity contribution in [1.82, 2.24) is 5.32 Å². The van der Waals surface area contributed by atoms with Crippen molar-refractivity contribution in [3.8, 4) is 0 Å². The van der Waals surface area contributed by atoms with Crippen LogP contribution in [0, 0.1) is 0 Å². The normalized spacial score (nSPS) is 11.9. The first-order valence-electron chi connectivity index (χ1n) is 4.67. The number of nitrogens with two attached hydrogens (primary N) is 2. The summed E-state index contributed by atoms with van der Waals surface area (Å²) in [5.74, 6) is -1.13. The van der Waals surface area contributed by atoms with Gasteiger partial charge >= 0.3 is 0 Å². The molecule has 0 aromatic heterocycles. The first kappa shape index (κ1) is 13.6. The molecule has 0 spiro atoms. The highest BCUT2D eigenvalue weighted by Gasteiger charge is 2.15. The molecule has 0 saturated heterocycles.